The molecule has 1 unspecified atom stereocenters. The maximum Gasteiger partial charge on any atom is 0.273 e. The summed E-state index contributed by atoms with van der Waals surface area (Å²) >= 11 is 0. The number of nitriles is 1. The Bertz CT molecular complexity index is 2020. The fourth-order valence-electron chi connectivity index (χ4n) is 6.00. The minimum atomic E-state index is -5.06. The molecule has 14 heteroatoms. The number of ether oxygens (including phenoxy) is 1. The van der Waals surface area contributed by atoms with Crippen LogP contribution in [0.5, 0.6) is 5.75 Å². The number of aromatic nitrogens is 1. The van der Waals surface area contributed by atoms with Gasteiger partial charge in [0.05, 0.1) is 23.9 Å². The topological polar surface area (TPSA) is 136 Å². The van der Waals surface area contributed by atoms with Gasteiger partial charge in [-0.15, -0.1) is 0 Å². The van der Waals surface area contributed by atoms with Crippen LogP contribution >= 0.6 is 0 Å². The predicted molar refractivity (Wildman–Crippen MR) is 167 cm³/mol. The van der Waals surface area contributed by atoms with Crippen LogP contribution in [-0.4, -0.2) is 63.0 Å². The molecule has 1 fully saturated rings. The van der Waals surface area contributed by atoms with Gasteiger partial charge in [0.15, 0.2) is 5.41 Å². The highest BCUT2D eigenvalue weighted by Gasteiger charge is 2.62. The van der Waals surface area contributed by atoms with Crippen LogP contribution in [0.2, 0.25) is 0 Å². The molecule has 4 aromatic rings. The average molecular weight is 659 g/mol. The minimum absolute atomic E-state index is 0.0217. The SMILES string of the molecule is CCOc1ccccc1C1(C(=O)NN2CCN(c3ccncc3)CC2)C(=O)N(S(=O)(=O)c2ccc(F)cc2F)c2ccc(C#N)cc21. The third-order valence-corrected chi connectivity index (χ3v) is 9.89. The quantitative estimate of drug-likeness (QED) is 0.282. The van der Waals surface area contributed by atoms with Gasteiger partial charge in [0.1, 0.15) is 22.3 Å². The van der Waals surface area contributed by atoms with Crippen molar-refractivity contribution in [2.45, 2.75) is 17.2 Å². The van der Waals surface area contributed by atoms with Gasteiger partial charge in [0, 0.05) is 61.5 Å². The standard InChI is InChI=1S/C33H28F2N6O5S/c1-2-46-29-6-4-3-5-25(29)33(31(42)38-40-17-15-39(16-18-40)24-11-13-37-14-12-24)26-19-22(21-36)7-9-28(26)41(32(33)43)47(44,45)30-10-8-23(34)20-27(30)35/h3-14,19-20H,2,15-18H2,1H3,(H,38,42). The maximum atomic E-state index is 15.0. The molecule has 6 rings (SSSR count). The van der Waals surface area contributed by atoms with Gasteiger partial charge in [-0.3, -0.25) is 20.0 Å². The highest BCUT2D eigenvalue weighted by molar-refractivity contribution is 7.93. The van der Waals surface area contributed by atoms with Crippen LogP contribution in [0.3, 0.4) is 0 Å². The summed E-state index contributed by atoms with van der Waals surface area (Å²) in [5.41, 5.74) is 1.06. The first-order chi connectivity index (χ1) is 22.6. The molecule has 0 spiro atoms. The van der Waals surface area contributed by atoms with Crippen molar-refractivity contribution in [3.05, 3.63) is 114 Å². The van der Waals surface area contributed by atoms with Crippen molar-refractivity contribution in [3.63, 3.8) is 0 Å². The number of pyridine rings is 1. The van der Waals surface area contributed by atoms with Crippen LogP contribution < -0.4 is 19.4 Å². The molecule has 2 amide bonds. The van der Waals surface area contributed by atoms with E-state index in [4.69, 9.17) is 4.74 Å². The zero-order chi connectivity index (χ0) is 33.3. The van der Waals surface area contributed by atoms with Crippen LogP contribution in [0.1, 0.15) is 23.6 Å². The molecule has 240 valence electrons. The molecule has 1 atom stereocenters. The number of hydrazine groups is 1. The van der Waals surface area contributed by atoms with Gasteiger partial charge in [-0.2, -0.15) is 5.26 Å². The van der Waals surface area contributed by atoms with E-state index >= 15 is 4.39 Å². The maximum absolute atomic E-state index is 15.0. The van der Waals surface area contributed by atoms with Crippen LogP contribution in [0.15, 0.2) is 90.1 Å². The van der Waals surface area contributed by atoms with Crippen LogP contribution in [0.4, 0.5) is 20.2 Å². The summed E-state index contributed by atoms with van der Waals surface area (Å²) in [6, 6.07) is 17.6. The number of amides is 2. The molecule has 0 bridgehead atoms. The van der Waals surface area contributed by atoms with Gasteiger partial charge >= 0.3 is 0 Å². The molecular formula is C33H28F2N6O5S. The highest BCUT2D eigenvalue weighted by atomic mass is 32.2. The first kappa shape index (κ1) is 31.6. The van der Waals surface area contributed by atoms with Crippen molar-refractivity contribution >= 4 is 33.2 Å². The van der Waals surface area contributed by atoms with E-state index in [0.717, 1.165) is 11.8 Å². The van der Waals surface area contributed by atoms with Gasteiger partial charge in [0.2, 0.25) is 0 Å². The number of nitrogens with one attached hydrogen (secondary N) is 1. The summed E-state index contributed by atoms with van der Waals surface area (Å²) in [6.45, 7) is 3.57. The number of carbonyl (C=O) groups excluding carboxylic acids is 2. The number of para-hydroxylation sites is 1. The number of rotatable bonds is 8. The average Bonchev–Trinajstić information content (AvgIpc) is 3.34. The van der Waals surface area contributed by atoms with Crippen LogP contribution in [0.25, 0.3) is 0 Å². The molecule has 0 saturated carbocycles. The number of halogens is 2. The molecule has 1 N–H and O–H groups in total. The zero-order valence-corrected chi connectivity index (χ0v) is 25.9. The van der Waals surface area contributed by atoms with E-state index < -0.39 is 43.8 Å². The lowest BCUT2D eigenvalue weighted by Gasteiger charge is -2.38. The van der Waals surface area contributed by atoms with E-state index in [-0.39, 0.29) is 34.7 Å². The fraction of sp³-hybridized carbons (Fsp3) is 0.212. The van der Waals surface area contributed by atoms with E-state index in [0.29, 0.717) is 42.6 Å². The summed E-state index contributed by atoms with van der Waals surface area (Å²) in [7, 11) is -5.06. The van der Waals surface area contributed by atoms with Crippen molar-refractivity contribution in [1.82, 2.24) is 15.4 Å². The lowest BCUT2D eigenvalue weighted by molar-refractivity contribution is -0.136. The third-order valence-electron chi connectivity index (χ3n) is 8.16. The number of hydrogen-bond donors (Lipinski definition) is 1. The molecule has 47 heavy (non-hydrogen) atoms. The highest BCUT2D eigenvalue weighted by Crippen LogP contribution is 2.51. The number of nitrogens with zero attached hydrogens (tertiary/aromatic N) is 5. The number of sulfonamides is 1. The largest absolute Gasteiger partial charge is 0.494 e. The summed E-state index contributed by atoms with van der Waals surface area (Å²) in [5, 5.41) is 11.4. The monoisotopic (exact) mass is 658 g/mol. The van der Waals surface area contributed by atoms with Gasteiger partial charge < -0.3 is 9.64 Å². The second-order valence-electron chi connectivity index (χ2n) is 10.8. The summed E-state index contributed by atoms with van der Waals surface area (Å²) < 4.78 is 63.2. The second kappa shape index (κ2) is 12.4. The van der Waals surface area contributed by atoms with E-state index in [2.05, 4.69) is 15.3 Å². The summed E-state index contributed by atoms with van der Waals surface area (Å²) in [4.78, 5) is 34.8. The van der Waals surface area contributed by atoms with Gasteiger partial charge in [0.25, 0.3) is 21.8 Å². The Morgan fingerprint density at radius 2 is 1.72 bits per heavy atom. The molecule has 2 aliphatic rings. The third kappa shape index (κ3) is 5.33. The van der Waals surface area contributed by atoms with Crippen LogP contribution in [0, 0.1) is 23.0 Å². The van der Waals surface area contributed by atoms with Gasteiger partial charge in [-0.25, -0.2) is 26.5 Å². The predicted octanol–water partition coefficient (Wildman–Crippen LogP) is 3.51. The Hall–Kier alpha value is -5.39. The Morgan fingerprint density at radius 3 is 2.40 bits per heavy atom. The molecule has 11 nitrogen and oxygen atoms in total. The van der Waals surface area contributed by atoms with Gasteiger partial charge in [-0.05, 0) is 55.5 Å². The number of benzene rings is 3. The van der Waals surface area contributed by atoms with Crippen molar-refractivity contribution in [2.75, 3.05) is 42.0 Å². The molecule has 0 aliphatic carbocycles. The summed E-state index contributed by atoms with van der Waals surface area (Å²) in [6.07, 6.45) is 3.36. The Morgan fingerprint density at radius 1 is 1.00 bits per heavy atom. The Kier molecular flexibility index (Phi) is 8.35. The number of carbonyl (C=O) groups is 2. The van der Waals surface area contributed by atoms with Gasteiger partial charge in [-0.1, -0.05) is 18.2 Å². The zero-order valence-electron chi connectivity index (χ0n) is 25.1. The fourth-order valence-corrected chi connectivity index (χ4v) is 7.52. The molecular weight excluding hydrogens is 630 g/mol. The smallest absolute Gasteiger partial charge is 0.273 e. The Labute approximate surface area is 269 Å². The first-order valence-electron chi connectivity index (χ1n) is 14.7. The number of anilines is 2. The van der Waals surface area contributed by atoms with E-state index in [9.17, 15) is 27.7 Å². The van der Waals surface area contributed by atoms with Crippen LogP contribution in [-0.2, 0) is 25.0 Å². The molecule has 0 radical (unpaired) electrons. The summed E-state index contributed by atoms with van der Waals surface area (Å²) in [5.74, 6) is -4.46. The first-order valence-corrected chi connectivity index (χ1v) is 16.1. The van der Waals surface area contributed by atoms with E-state index in [1.807, 2.05) is 18.2 Å². The lowest BCUT2D eigenvalue weighted by Crippen LogP contribution is -2.60. The Balaban J connectivity index is 1.50. The normalized spacial score (nSPS) is 18.0. The minimum Gasteiger partial charge on any atom is -0.494 e. The molecule has 1 saturated heterocycles. The van der Waals surface area contributed by atoms with Crippen molar-refractivity contribution in [3.8, 4) is 11.8 Å². The number of hydrogen-bond acceptors (Lipinski definition) is 9. The van der Waals surface area contributed by atoms with E-state index in [1.165, 1.54) is 24.3 Å². The van der Waals surface area contributed by atoms with Crippen molar-refractivity contribution in [2.24, 2.45) is 0 Å². The molecule has 3 aromatic carbocycles. The number of piperazine rings is 1. The molecule has 1 aromatic heterocycles. The van der Waals surface area contributed by atoms with Crippen molar-refractivity contribution in [1.29, 1.82) is 5.26 Å². The molecule has 2 aliphatic heterocycles. The molecule has 3 heterocycles. The second-order valence-corrected chi connectivity index (χ2v) is 12.5. The van der Waals surface area contributed by atoms with Crippen molar-refractivity contribution < 1.29 is 31.5 Å². The van der Waals surface area contributed by atoms with E-state index in [1.54, 1.807) is 42.5 Å². The lowest BCUT2D eigenvalue weighted by atomic mass is 9.73. The number of fused-ring (bicyclic) bond motifs is 1.